The summed E-state index contributed by atoms with van der Waals surface area (Å²) >= 11 is 1.51. The van der Waals surface area contributed by atoms with Gasteiger partial charge in [-0.15, -0.1) is 0 Å². The minimum Gasteiger partial charge on any atom is -0.497 e. The first kappa shape index (κ1) is 16.5. The molecule has 0 spiro atoms. The molecule has 0 aliphatic heterocycles. The van der Waals surface area contributed by atoms with E-state index in [1.807, 2.05) is 36.4 Å². The molecule has 3 rings (SSSR count). The van der Waals surface area contributed by atoms with Gasteiger partial charge in [-0.1, -0.05) is 49.4 Å². The van der Waals surface area contributed by atoms with Gasteiger partial charge in [0, 0.05) is 0 Å². The van der Waals surface area contributed by atoms with Crippen LogP contribution in [-0.4, -0.2) is 18.0 Å². The molecular weight excluding hydrogens is 320 g/mol. The lowest BCUT2D eigenvalue weighted by atomic mass is 10.0. The third-order valence-corrected chi connectivity index (χ3v) is 4.78. The Morgan fingerprint density at radius 1 is 1.21 bits per heavy atom. The number of para-hydroxylation sites is 1. The van der Waals surface area contributed by atoms with Crippen molar-refractivity contribution < 1.29 is 9.53 Å². The molecule has 0 aliphatic carbocycles. The number of carbonyl (C=O) groups is 1. The number of hydrogen-bond donors (Lipinski definition) is 1. The normalized spacial score (nSPS) is 11.0. The lowest BCUT2D eigenvalue weighted by Gasteiger charge is -2.05. The third-order valence-electron chi connectivity index (χ3n) is 3.84. The molecule has 0 bridgehead atoms. The largest absolute Gasteiger partial charge is 0.497 e. The van der Waals surface area contributed by atoms with Crippen molar-refractivity contribution in [2.45, 2.75) is 26.2 Å². The summed E-state index contributed by atoms with van der Waals surface area (Å²) in [4.78, 5) is 16.9. The van der Waals surface area contributed by atoms with Gasteiger partial charge < -0.3 is 10.1 Å². The fourth-order valence-electron chi connectivity index (χ4n) is 2.58. The van der Waals surface area contributed by atoms with Gasteiger partial charge in [-0.25, -0.2) is 4.98 Å². The van der Waals surface area contributed by atoms with Gasteiger partial charge in [-0.2, -0.15) is 0 Å². The van der Waals surface area contributed by atoms with Gasteiger partial charge in [-0.3, -0.25) is 4.79 Å². The van der Waals surface area contributed by atoms with E-state index in [0.29, 0.717) is 17.5 Å². The molecule has 1 amide bonds. The molecule has 0 saturated carbocycles. The van der Waals surface area contributed by atoms with Crippen LogP contribution >= 0.6 is 11.3 Å². The number of anilines is 1. The van der Waals surface area contributed by atoms with Crippen molar-refractivity contribution in [1.29, 1.82) is 0 Å². The summed E-state index contributed by atoms with van der Waals surface area (Å²) in [6.07, 6.45) is 0.316. The zero-order valence-electron chi connectivity index (χ0n) is 14.0. The van der Waals surface area contributed by atoms with Crippen LogP contribution in [0, 0.1) is 0 Å². The zero-order chi connectivity index (χ0) is 17.1. The summed E-state index contributed by atoms with van der Waals surface area (Å²) < 4.78 is 6.22. The van der Waals surface area contributed by atoms with E-state index in [4.69, 9.17) is 4.74 Å². The Kier molecular flexibility index (Phi) is 4.81. The van der Waals surface area contributed by atoms with Gasteiger partial charge in [0.25, 0.3) is 0 Å². The molecule has 1 N–H and O–H groups in total. The predicted molar refractivity (Wildman–Crippen MR) is 99.0 cm³/mol. The van der Waals surface area contributed by atoms with Crippen LogP contribution in [0.15, 0.2) is 42.5 Å². The molecule has 0 unspecified atom stereocenters. The minimum absolute atomic E-state index is 0.0645. The summed E-state index contributed by atoms with van der Waals surface area (Å²) in [5, 5.41) is 3.56. The Bertz CT molecular complexity index is 853. The highest BCUT2D eigenvalue weighted by Crippen LogP contribution is 2.31. The fourth-order valence-corrected chi connectivity index (χ4v) is 3.50. The molecular formula is C19H20N2O2S. The summed E-state index contributed by atoms with van der Waals surface area (Å²) in [5.74, 6) is 1.12. The van der Waals surface area contributed by atoms with Crippen molar-refractivity contribution in [2.24, 2.45) is 0 Å². The van der Waals surface area contributed by atoms with Crippen molar-refractivity contribution in [3.05, 3.63) is 53.6 Å². The summed E-state index contributed by atoms with van der Waals surface area (Å²) in [5.41, 5.74) is 3.13. The number of nitrogens with zero attached hydrogens (tertiary/aromatic N) is 1. The van der Waals surface area contributed by atoms with Gasteiger partial charge in [0.2, 0.25) is 5.91 Å². The molecule has 0 saturated heterocycles. The molecule has 1 aromatic heterocycles. The number of thiazole rings is 1. The standard InChI is InChI=1S/C19H20N2O2S/c1-12(2)15-5-4-6-16-18(15)21-19(24-16)20-17(22)11-13-7-9-14(23-3)10-8-13/h4-10,12H,11H2,1-3H3,(H,20,21,22). The maximum atomic E-state index is 12.3. The van der Waals surface area contributed by atoms with Gasteiger partial charge in [0.1, 0.15) is 5.75 Å². The number of fused-ring (bicyclic) bond motifs is 1. The van der Waals surface area contributed by atoms with Crippen molar-refractivity contribution in [3.63, 3.8) is 0 Å². The Morgan fingerprint density at radius 3 is 2.62 bits per heavy atom. The number of rotatable bonds is 5. The van der Waals surface area contributed by atoms with E-state index in [9.17, 15) is 4.79 Å². The first-order valence-electron chi connectivity index (χ1n) is 7.89. The van der Waals surface area contributed by atoms with Gasteiger partial charge >= 0.3 is 0 Å². The molecule has 3 aromatic rings. The van der Waals surface area contributed by atoms with E-state index in [0.717, 1.165) is 21.5 Å². The number of carbonyl (C=O) groups excluding carboxylic acids is 1. The molecule has 5 heteroatoms. The number of nitrogens with one attached hydrogen (secondary N) is 1. The van der Waals surface area contributed by atoms with E-state index in [1.165, 1.54) is 16.9 Å². The zero-order valence-corrected chi connectivity index (χ0v) is 14.8. The summed E-state index contributed by atoms with van der Waals surface area (Å²) in [7, 11) is 1.63. The lowest BCUT2D eigenvalue weighted by molar-refractivity contribution is -0.115. The highest BCUT2D eigenvalue weighted by molar-refractivity contribution is 7.22. The third kappa shape index (κ3) is 3.57. The topological polar surface area (TPSA) is 51.2 Å². The first-order chi connectivity index (χ1) is 11.6. The fraction of sp³-hybridized carbons (Fsp3) is 0.263. The number of methoxy groups -OCH3 is 1. The van der Waals surface area contributed by atoms with Gasteiger partial charge in [-0.05, 0) is 35.2 Å². The number of amides is 1. The van der Waals surface area contributed by atoms with E-state index in [1.54, 1.807) is 7.11 Å². The molecule has 24 heavy (non-hydrogen) atoms. The van der Waals surface area contributed by atoms with Crippen LogP contribution in [0.5, 0.6) is 5.75 Å². The van der Waals surface area contributed by atoms with Crippen LogP contribution in [-0.2, 0) is 11.2 Å². The maximum absolute atomic E-state index is 12.3. The molecule has 1 heterocycles. The average Bonchev–Trinajstić information content (AvgIpc) is 2.97. The maximum Gasteiger partial charge on any atom is 0.230 e. The van der Waals surface area contributed by atoms with Crippen molar-refractivity contribution in [1.82, 2.24) is 4.98 Å². The van der Waals surface area contributed by atoms with Crippen molar-refractivity contribution in [2.75, 3.05) is 12.4 Å². The Labute approximate surface area is 145 Å². The van der Waals surface area contributed by atoms with Crippen LogP contribution in [0.2, 0.25) is 0 Å². The molecule has 0 fully saturated rings. The van der Waals surface area contributed by atoms with Gasteiger partial charge in [0.05, 0.1) is 23.7 Å². The van der Waals surface area contributed by atoms with E-state index >= 15 is 0 Å². The van der Waals surface area contributed by atoms with Crippen LogP contribution in [0.25, 0.3) is 10.2 Å². The molecule has 0 radical (unpaired) electrons. The molecule has 0 aliphatic rings. The average molecular weight is 340 g/mol. The van der Waals surface area contributed by atoms with Crippen LogP contribution in [0.3, 0.4) is 0 Å². The van der Waals surface area contributed by atoms with Crippen LogP contribution < -0.4 is 10.1 Å². The summed E-state index contributed by atoms with van der Waals surface area (Å²) in [6, 6.07) is 13.7. The highest BCUT2D eigenvalue weighted by Gasteiger charge is 2.12. The molecule has 2 aromatic carbocycles. The van der Waals surface area contributed by atoms with E-state index in [2.05, 4.69) is 30.2 Å². The number of benzene rings is 2. The minimum atomic E-state index is -0.0645. The lowest BCUT2D eigenvalue weighted by Crippen LogP contribution is -2.14. The Balaban J connectivity index is 1.74. The van der Waals surface area contributed by atoms with E-state index < -0.39 is 0 Å². The second kappa shape index (κ2) is 7.01. The number of ether oxygens (including phenoxy) is 1. The first-order valence-corrected chi connectivity index (χ1v) is 8.70. The summed E-state index contributed by atoms with van der Waals surface area (Å²) in [6.45, 7) is 4.30. The second-order valence-electron chi connectivity index (χ2n) is 5.94. The molecule has 124 valence electrons. The quantitative estimate of drug-likeness (QED) is 0.738. The second-order valence-corrected chi connectivity index (χ2v) is 6.97. The SMILES string of the molecule is COc1ccc(CC(=O)Nc2nc3c(C(C)C)cccc3s2)cc1. The molecule has 0 atom stereocenters. The van der Waals surface area contributed by atoms with Gasteiger partial charge in [0.15, 0.2) is 5.13 Å². The molecule has 4 nitrogen and oxygen atoms in total. The van der Waals surface area contributed by atoms with Crippen molar-refractivity contribution >= 4 is 32.6 Å². The van der Waals surface area contributed by atoms with Crippen LogP contribution in [0.1, 0.15) is 30.9 Å². The van der Waals surface area contributed by atoms with Crippen LogP contribution in [0.4, 0.5) is 5.13 Å². The number of aromatic nitrogens is 1. The Morgan fingerprint density at radius 2 is 1.96 bits per heavy atom. The number of hydrogen-bond acceptors (Lipinski definition) is 4. The monoisotopic (exact) mass is 340 g/mol. The Hall–Kier alpha value is -2.40. The predicted octanol–water partition coefficient (Wildman–Crippen LogP) is 4.61. The van der Waals surface area contributed by atoms with Crippen molar-refractivity contribution in [3.8, 4) is 5.75 Å². The smallest absolute Gasteiger partial charge is 0.230 e. The highest BCUT2D eigenvalue weighted by atomic mass is 32.1. The van der Waals surface area contributed by atoms with E-state index in [-0.39, 0.29) is 5.91 Å².